The molecule has 0 heterocycles. The van der Waals surface area contributed by atoms with Gasteiger partial charge in [0.25, 0.3) is 0 Å². The van der Waals surface area contributed by atoms with E-state index in [0.29, 0.717) is 11.8 Å². The van der Waals surface area contributed by atoms with Crippen LogP contribution in [0.15, 0.2) is 11.6 Å². The minimum absolute atomic E-state index is 0.0260. The SMILES string of the molecule is COC(=O)C12CCC(C)C(C)(O)C1C1=CCC3C4(C)CCC(OC(C)=O)C(C)(C)C4CCC3(C)C1(C)CC2. The number of fused-ring (bicyclic) bond motifs is 7. The van der Waals surface area contributed by atoms with Crippen LogP contribution in [0, 0.1) is 50.7 Å². The summed E-state index contributed by atoms with van der Waals surface area (Å²) in [4.78, 5) is 25.4. The van der Waals surface area contributed by atoms with Crippen molar-refractivity contribution in [2.24, 2.45) is 50.7 Å². The summed E-state index contributed by atoms with van der Waals surface area (Å²) < 4.78 is 11.3. The van der Waals surface area contributed by atoms with Crippen molar-refractivity contribution in [3.05, 3.63) is 11.6 Å². The number of carbonyl (C=O) groups is 2. The van der Waals surface area contributed by atoms with Gasteiger partial charge in [-0.1, -0.05) is 53.2 Å². The zero-order valence-corrected chi connectivity index (χ0v) is 25.4. The Morgan fingerprint density at radius 3 is 2.24 bits per heavy atom. The molecule has 5 nitrogen and oxygen atoms in total. The Morgan fingerprint density at radius 1 is 0.921 bits per heavy atom. The molecule has 5 heteroatoms. The molecule has 0 aromatic rings. The first-order valence-corrected chi connectivity index (χ1v) is 15.2. The van der Waals surface area contributed by atoms with E-state index in [1.54, 1.807) is 0 Å². The summed E-state index contributed by atoms with van der Waals surface area (Å²) in [6.45, 7) is 17.8. The van der Waals surface area contributed by atoms with Gasteiger partial charge in [-0.15, -0.1) is 0 Å². The largest absolute Gasteiger partial charge is 0.469 e. The van der Waals surface area contributed by atoms with Crippen LogP contribution in [-0.2, 0) is 19.1 Å². The van der Waals surface area contributed by atoms with Crippen LogP contribution in [0.25, 0.3) is 0 Å². The normalized spacial score (nSPS) is 51.3. The second kappa shape index (κ2) is 8.57. The molecule has 38 heavy (non-hydrogen) atoms. The van der Waals surface area contributed by atoms with Gasteiger partial charge in [0.15, 0.2) is 0 Å². The van der Waals surface area contributed by atoms with E-state index in [9.17, 15) is 14.7 Å². The minimum Gasteiger partial charge on any atom is -0.469 e. The molecule has 0 aliphatic heterocycles. The number of methoxy groups -OCH3 is 1. The maximum Gasteiger partial charge on any atom is 0.312 e. The Kier molecular flexibility index (Phi) is 6.36. The van der Waals surface area contributed by atoms with Gasteiger partial charge in [0.2, 0.25) is 0 Å². The fourth-order valence-corrected chi connectivity index (χ4v) is 11.4. The second-order valence-corrected chi connectivity index (χ2v) is 15.5. The summed E-state index contributed by atoms with van der Waals surface area (Å²) in [6.07, 6.45) is 11.0. The lowest BCUT2D eigenvalue weighted by atomic mass is 9.33. The number of hydrogen-bond acceptors (Lipinski definition) is 5. The highest BCUT2D eigenvalue weighted by Gasteiger charge is 2.71. The summed E-state index contributed by atoms with van der Waals surface area (Å²) in [5.74, 6) is 0.618. The Hall–Kier alpha value is -1.36. The van der Waals surface area contributed by atoms with Gasteiger partial charge in [-0.3, -0.25) is 9.59 Å². The summed E-state index contributed by atoms with van der Waals surface area (Å²) in [6, 6.07) is 0. The molecule has 10 atom stereocenters. The highest BCUT2D eigenvalue weighted by molar-refractivity contribution is 5.79. The van der Waals surface area contributed by atoms with Crippen LogP contribution in [-0.4, -0.2) is 35.9 Å². The molecule has 5 aliphatic rings. The molecule has 4 fully saturated rings. The highest BCUT2D eigenvalue weighted by Crippen LogP contribution is 2.76. The van der Waals surface area contributed by atoms with E-state index < -0.39 is 11.0 Å². The van der Waals surface area contributed by atoms with Gasteiger partial charge in [0, 0.05) is 18.3 Å². The van der Waals surface area contributed by atoms with Crippen molar-refractivity contribution in [2.75, 3.05) is 7.11 Å². The maximum absolute atomic E-state index is 13.5. The molecular weight excluding hydrogens is 476 g/mol. The van der Waals surface area contributed by atoms with Crippen LogP contribution in [0.3, 0.4) is 0 Å². The van der Waals surface area contributed by atoms with E-state index in [2.05, 4.69) is 47.6 Å². The van der Waals surface area contributed by atoms with Gasteiger partial charge in [0.1, 0.15) is 6.10 Å². The first-order chi connectivity index (χ1) is 17.5. The number of hydrogen-bond donors (Lipinski definition) is 1. The van der Waals surface area contributed by atoms with Gasteiger partial charge in [-0.05, 0) is 98.7 Å². The molecule has 1 N–H and O–H groups in total. The van der Waals surface area contributed by atoms with Crippen molar-refractivity contribution in [1.29, 1.82) is 0 Å². The van der Waals surface area contributed by atoms with Crippen LogP contribution in [0.2, 0.25) is 0 Å². The van der Waals surface area contributed by atoms with Gasteiger partial charge in [-0.2, -0.15) is 0 Å². The number of esters is 2. The van der Waals surface area contributed by atoms with E-state index in [-0.39, 0.29) is 51.5 Å². The average molecular weight is 529 g/mol. The second-order valence-electron chi connectivity index (χ2n) is 15.5. The molecular formula is C33H52O5. The molecule has 0 aromatic heterocycles. The van der Waals surface area contributed by atoms with Crippen molar-refractivity contribution in [3.8, 4) is 0 Å². The number of rotatable bonds is 2. The molecule has 10 unspecified atom stereocenters. The fourth-order valence-electron chi connectivity index (χ4n) is 11.4. The molecule has 0 radical (unpaired) electrons. The van der Waals surface area contributed by atoms with Crippen molar-refractivity contribution in [2.45, 2.75) is 125 Å². The third-order valence-corrected chi connectivity index (χ3v) is 13.9. The third kappa shape index (κ3) is 3.38. The Labute approximate surface area is 230 Å². The van der Waals surface area contributed by atoms with Crippen molar-refractivity contribution < 1.29 is 24.2 Å². The van der Waals surface area contributed by atoms with Crippen LogP contribution in [0.1, 0.15) is 113 Å². The van der Waals surface area contributed by atoms with Crippen molar-refractivity contribution in [3.63, 3.8) is 0 Å². The van der Waals surface area contributed by atoms with Gasteiger partial charge < -0.3 is 14.6 Å². The van der Waals surface area contributed by atoms with Crippen LogP contribution in [0.5, 0.6) is 0 Å². The summed E-state index contributed by atoms with van der Waals surface area (Å²) >= 11 is 0. The molecule has 5 rings (SSSR count). The molecule has 0 spiro atoms. The number of carbonyl (C=O) groups excluding carboxylic acids is 2. The first-order valence-electron chi connectivity index (χ1n) is 15.2. The zero-order valence-electron chi connectivity index (χ0n) is 25.4. The molecule has 0 bridgehead atoms. The summed E-state index contributed by atoms with van der Waals surface area (Å²) in [5, 5.41) is 12.1. The summed E-state index contributed by atoms with van der Waals surface area (Å²) in [7, 11) is 1.51. The summed E-state index contributed by atoms with van der Waals surface area (Å²) in [5.41, 5.74) is -0.175. The monoisotopic (exact) mass is 528 g/mol. The van der Waals surface area contributed by atoms with Crippen LogP contribution < -0.4 is 0 Å². The number of aliphatic hydroxyl groups is 1. The Morgan fingerprint density at radius 2 is 1.61 bits per heavy atom. The predicted molar refractivity (Wildman–Crippen MR) is 148 cm³/mol. The van der Waals surface area contributed by atoms with E-state index in [1.165, 1.54) is 19.6 Å². The zero-order chi connectivity index (χ0) is 28.1. The highest BCUT2D eigenvalue weighted by atomic mass is 16.5. The van der Waals surface area contributed by atoms with E-state index >= 15 is 0 Å². The van der Waals surface area contributed by atoms with Gasteiger partial charge in [0.05, 0.1) is 18.1 Å². The molecule has 214 valence electrons. The lowest BCUT2D eigenvalue weighted by molar-refractivity contribution is -0.222. The van der Waals surface area contributed by atoms with E-state index in [4.69, 9.17) is 9.47 Å². The standard InChI is InChI=1S/C33H52O5/c1-20-12-17-33(27(35)37-9)19-18-30(6)22(26(33)32(20,8)36)10-11-24-29(5)15-14-25(38-21(2)34)28(3,4)23(29)13-16-31(24,30)7/h10,20,23-26,36H,11-19H2,1-9H3. The molecule has 0 saturated heterocycles. The van der Waals surface area contributed by atoms with Crippen molar-refractivity contribution >= 4 is 11.9 Å². The van der Waals surface area contributed by atoms with E-state index in [0.717, 1.165) is 57.8 Å². The lowest BCUT2D eigenvalue weighted by Crippen LogP contribution is -2.67. The Balaban J connectivity index is 1.59. The maximum atomic E-state index is 13.5. The van der Waals surface area contributed by atoms with Crippen LogP contribution >= 0.6 is 0 Å². The minimum atomic E-state index is -0.950. The molecule has 5 aliphatic carbocycles. The quantitative estimate of drug-likeness (QED) is 0.313. The molecule has 4 saturated carbocycles. The smallest absolute Gasteiger partial charge is 0.312 e. The van der Waals surface area contributed by atoms with Crippen LogP contribution in [0.4, 0.5) is 0 Å². The van der Waals surface area contributed by atoms with Gasteiger partial charge in [-0.25, -0.2) is 0 Å². The third-order valence-electron chi connectivity index (χ3n) is 13.9. The topological polar surface area (TPSA) is 72.8 Å². The number of ether oxygens (including phenoxy) is 2. The molecule has 0 aromatic carbocycles. The fraction of sp³-hybridized carbons (Fsp3) is 0.879. The lowest BCUT2D eigenvalue weighted by Gasteiger charge is -2.71. The Bertz CT molecular complexity index is 1040. The van der Waals surface area contributed by atoms with Crippen molar-refractivity contribution in [1.82, 2.24) is 0 Å². The number of allylic oxidation sites excluding steroid dienone is 1. The first kappa shape index (κ1) is 28.2. The average Bonchev–Trinajstić information content (AvgIpc) is 2.83. The predicted octanol–water partition coefficient (Wildman–Crippen LogP) is 6.86. The van der Waals surface area contributed by atoms with E-state index in [1.807, 2.05) is 6.92 Å². The molecule has 0 amide bonds. The van der Waals surface area contributed by atoms with Gasteiger partial charge >= 0.3 is 11.9 Å².